The number of imidazole rings is 1. The van der Waals surface area contributed by atoms with Crippen LogP contribution in [0.3, 0.4) is 0 Å². The predicted molar refractivity (Wildman–Crippen MR) is 81.7 cm³/mol. The molecule has 1 N–H and O–H groups in total. The molecule has 2 heterocycles. The fourth-order valence-corrected chi connectivity index (χ4v) is 3.19. The number of aromatic carboxylic acids is 1. The van der Waals surface area contributed by atoms with Gasteiger partial charge in [-0.05, 0) is 44.0 Å². The molecule has 5 nitrogen and oxygen atoms in total. The van der Waals surface area contributed by atoms with E-state index in [2.05, 4.69) is 21.4 Å². The zero-order valence-electron chi connectivity index (χ0n) is 12.3. The van der Waals surface area contributed by atoms with Gasteiger partial charge in [-0.2, -0.15) is 0 Å². The molecule has 1 aromatic heterocycles. The summed E-state index contributed by atoms with van der Waals surface area (Å²) < 4.78 is 2.21. The van der Waals surface area contributed by atoms with E-state index < -0.39 is 5.97 Å². The highest BCUT2D eigenvalue weighted by Gasteiger charge is 2.21. The minimum Gasteiger partial charge on any atom is -0.478 e. The topological polar surface area (TPSA) is 58.4 Å². The number of fused-ring (bicyclic) bond motifs is 1. The van der Waals surface area contributed by atoms with Crippen LogP contribution in [0.1, 0.15) is 42.6 Å². The number of hydrogen-bond acceptors (Lipinski definition) is 3. The first-order chi connectivity index (χ1) is 10.2. The number of piperidine rings is 1. The standard InChI is InChI=1S/C16H21N3O2/c1-2-7-18-8-5-13(6-9-18)19-11-17-14-10-12(16(20)21)3-4-15(14)19/h3-4,10-11,13H,2,5-9H2,1H3,(H,20,21). The lowest BCUT2D eigenvalue weighted by atomic mass is 10.0. The zero-order chi connectivity index (χ0) is 14.8. The fourth-order valence-electron chi connectivity index (χ4n) is 3.19. The first-order valence-corrected chi connectivity index (χ1v) is 7.61. The van der Waals surface area contributed by atoms with Gasteiger partial charge in [0, 0.05) is 19.1 Å². The molecule has 1 saturated heterocycles. The number of benzene rings is 1. The molecule has 112 valence electrons. The molecule has 3 rings (SSSR count). The minimum absolute atomic E-state index is 0.297. The van der Waals surface area contributed by atoms with Gasteiger partial charge < -0.3 is 14.6 Å². The smallest absolute Gasteiger partial charge is 0.335 e. The highest BCUT2D eigenvalue weighted by Crippen LogP contribution is 2.27. The van der Waals surface area contributed by atoms with Gasteiger partial charge in [0.1, 0.15) is 0 Å². The summed E-state index contributed by atoms with van der Waals surface area (Å²) in [5, 5.41) is 9.04. The van der Waals surface area contributed by atoms with Gasteiger partial charge in [0.2, 0.25) is 0 Å². The van der Waals surface area contributed by atoms with E-state index >= 15 is 0 Å². The molecular weight excluding hydrogens is 266 g/mol. The third kappa shape index (κ3) is 2.78. The Labute approximate surface area is 124 Å². The Kier molecular flexibility index (Phi) is 3.92. The van der Waals surface area contributed by atoms with Gasteiger partial charge >= 0.3 is 5.97 Å². The van der Waals surface area contributed by atoms with Crippen molar-refractivity contribution in [3.63, 3.8) is 0 Å². The van der Waals surface area contributed by atoms with Gasteiger partial charge in [0.05, 0.1) is 22.9 Å². The molecule has 0 amide bonds. The van der Waals surface area contributed by atoms with Gasteiger partial charge in [-0.1, -0.05) is 6.92 Å². The quantitative estimate of drug-likeness (QED) is 0.939. The van der Waals surface area contributed by atoms with E-state index in [1.54, 1.807) is 12.1 Å². The van der Waals surface area contributed by atoms with Gasteiger partial charge in [-0.3, -0.25) is 0 Å². The Morgan fingerprint density at radius 1 is 1.38 bits per heavy atom. The molecule has 0 spiro atoms. The van der Waals surface area contributed by atoms with Crippen LogP contribution in [-0.2, 0) is 0 Å². The fraction of sp³-hybridized carbons (Fsp3) is 0.500. The average Bonchev–Trinajstić information content (AvgIpc) is 2.91. The van der Waals surface area contributed by atoms with Crippen molar-refractivity contribution in [2.24, 2.45) is 0 Å². The highest BCUT2D eigenvalue weighted by atomic mass is 16.4. The van der Waals surface area contributed by atoms with Gasteiger partial charge in [0.25, 0.3) is 0 Å². The van der Waals surface area contributed by atoms with Gasteiger partial charge in [0.15, 0.2) is 0 Å². The molecule has 1 fully saturated rings. The highest BCUT2D eigenvalue weighted by molar-refractivity contribution is 5.92. The molecule has 1 aromatic carbocycles. The van der Waals surface area contributed by atoms with Crippen LogP contribution >= 0.6 is 0 Å². The maximum Gasteiger partial charge on any atom is 0.335 e. The predicted octanol–water partition coefficient (Wildman–Crippen LogP) is 2.78. The number of carboxylic acid groups (broad SMARTS) is 1. The Morgan fingerprint density at radius 3 is 2.81 bits per heavy atom. The molecule has 0 bridgehead atoms. The molecule has 2 aromatic rings. The lowest BCUT2D eigenvalue weighted by Gasteiger charge is -2.32. The number of nitrogens with zero attached hydrogens (tertiary/aromatic N) is 3. The summed E-state index contributed by atoms with van der Waals surface area (Å²) in [5.41, 5.74) is 2.10. The van der Waals surface area contributed by atoms with E-state index in [0.717, 1.165) is 37.0 Å². The summed E-state index contributed by atoms with van der Waals surface area (Å²) >= 11 is 0. The first kappa shape index (κ1) is 14.1. The number of aromatic nitrogens is 2. The van der Waals surface area contributed by atoms with Crippen LogP contribution in [-0.4, -0.2) is 45.2 Å². The van der Waals surface area contributed by atoms with Crippen molar-refractivity contribution < 1.29 is 9.90 Å². The summed E-state index contributed by atoms with van der Waals surface area (Å²) in [7, 11) is 0. The molecule has 1 aliphatic heterocycles. The Hall–Kier alpha value is -1.88. The Bertz CT molecular complexity index is 642. The molecular formula is C16H21N3O2. The third-order valence-electron chi connectivity index (χ3n) is 4.31. The van der Waals surface area contributed by atoms with Crippen molar-refractivity contribution in [1.29, 1.82) is 0 Å². The van der Waals surface area contributed by atoms with Crippen molar-refractivity contribution in [2.75, 3.05) is 19.6 Å². The maximum atomic E-state index is 11.0. The van der Waals surface area contributed by atoms with Crippen LogP contribution in [0.5, 0.6) is 0 Å². The summed E-state index contributed by atoms with van der Waals surface area (Å²) in [6.07, 6.45) is 5.32. The first-order valence-electron chi connectivity index (χ1n) is 7.61. The van der Waals surface area contributed by atoms with Crippen LogP contribution in [0.4, 0.5) is 0 Å². The Morgan fingerprint density at radius 2 is 2.14 bits per heavy atom. The molecule has 0 atom stereocenters. The summed E-state index contributed by atoms with van der Waals surface area (Å²) in [4.78, 5) is 17.9. The second-order valence-electron chi connectivity index (χ2n) is 5.73. The third-order valence-corrected chi connectivity index (χ3v) is 4.31. The van der Waals surface area contributed by atoms with Crippen molar-refractivity contribution >= 4 is 17.0 Å². The van der Waals surface area contributed by atoms with Crippen molar-refractivity contribution in [2.45, 2.75) is 32.2 Å². The molecule has 0 saturated carbocycles. The monoisotopic (exact) mass is 287 g/mol. The van der Waals surface area contributed by atoms with Crippen molar-refractivity contribution in [1.82, 2.24) is 14.5 Å². The van der Waals surface area contributed by atoms with Crippen molar-refractivity contribution in [3.05, 3.63) is 30.1 Å². The van der Waals surface area contributed by atoms with E-state index in [-0.39, 0.29) is 0 Å². The van der Waals surface area contributed by atoms with Crippen molar-refractivity contribution in [3.8, 4) is 0 Å². The zero-order valence-corrected chi connectivity index (χ0v) is 12.3. The molecule has 21 heavy (non-hydrogen) atoms. The van der Waals surface area contributed by atoms with Gasteiger partial charge in [-0.25, -0.2) is 9.78 Å². The van der Waals surface area contributed by atoms with Crippen LogP contribution in [0.15, 0.2) is 24.5 Å². The number of likely N-dealkylation sites (tertiary alicyclic amines) is 1. The lowest BCUT2D eigenvalue weighted by Crippen LogP contribution is -2.34. The van der Waals surface area contributed by atoms with E-state index in [1.165, 1.54) is 13.0 Å². The molecule has 0 unspecified atom stereocenters. The van der Waals surface area contributed by atoms with E-state index in [9.17, 15) is 4.79 Å². The number of carbonyl (C=O) groups is 1. The largest absolute Gasteiger partial charge is 0.478 e. The summed E-state index contributed by atoms with van der Waals surface area (Å²) in [6, 6.07) is 5.67. The van der Waals surface area contributed by atoms with Crippen LogP contribution in [0.25, 0.3) is 11.0 Å². The number of hydrogen-bond donors (Lipinski definition) is 1. The van der Waals surface area contributed by atoms with E-state index in [4.69, 9.17) is 5.11 Å². The van der Waals surface area contributed by atoms with E-state index in [1.807, 2.05) is 12.4 Å². The molecule has 0 radical (unpaired) electrons. The Balaban J connectivity index is 1.80. The summed E-state index contributed by atoms with van der Waals surface area (Å²) in [6.45, 7) is 5.66. The molecule has 5 heteroatoms. The second kappa shape index (κ2) is 5.85. The average molecular weight is 287 g/mol. The summed E-state index contributed by atoms with van der Waals surface area (Å²) in [5.74, 6) is -0.903. The number of carboxylic acids is 1. The SMILES string of the molecule is CCCN1CCC(n2cnc3cc(C(=O)O)ccc32)CC1. The van der Waals surface area contributed by atoms with Crippen LogP contribution in [0, 0.1) is 0 Å². The normalized spacial score (nSPS) is 17.4. The molecule has 1 aliphatic rings. The van der Waals surface area contributed by atoms with Gasteiger partial charge in [-0.15, -0.1) is 0 Å². The lowest BCUT2D eigenvalue weighted by molar-refractivity contribution is 0.0697. The molecule has 0 aliphatic carbocycles. The number of rotatable bonds is 4. The van der Waals surface area contributed by atoms with Crippen LogP contribution in [0.2, 0.25) is 0 Å². The van der Waals surface area contributed by atoms with Crippen LogP contribution < -0.4 is 0 Å². The minimum atomic E-state index is -0.903. The van der Waals surface area contributed by atoms with E-state index in [0.29, 0.717) is 11.6 Å². The second-order valence-corrected chi connectivity index (χ2v) is 5.73. The maximum absolute atomic E-state index is 11.0.